The summed E-state index contributed by atoms with van der Waals surface area (Å²) in [5.41, 5.74) is 10.1. The molecule has 0 unspecified atom stereocenters. The summed E-state index contributed by atoms with van der Waals surface area (Å²) in [5, 5.41) is 0. The van der Waals surface area contributed by atoms with Crippen LogP contribution < -0.4 is 0 Å². The highest BCUT2D eigenvalue weighted by molar-refractivity contribution is 9.15. The Hall–Kier alpha value is -2.12. The number of aryl methyl sites for hydroxylation is 4. The van der Waals surface area contributed by atoms with Crippen molar-refractivity contribution in [3.63, 3.8) is 0 Å². The van der Waals surface area contributed by atoms with E-state index in [4.69, 9.17) is 0 Å². The third kappa shape index (κ3) is 4.73. The van der Waals surface area contributed by atoms with E-state index in [0.717, 1.165) is 30.2 Å². The molecule has 4 bridgehead atoms. The Labute approximate surface area is 183 Å². The molecular weight excluding hydrogens is 416 g/mol. The fourth-order valence-corrected chi connectivity index (χ4v) is 4.61. The van der Waals surface area contributed by atoms with Crippen LogP contribution in [0.1, 0.15) is 59.7 Å². The number of rotatable bonds is 2. The van der Waals surface area contributed by atoms with E-state index in [0.29, 0.717) is 0 Å². The van der Waals surface area contributed by atoms with E-state index < -0.39 is 0 Å². The average molecular weight is 445 g/mol. The maximum Gasteiger partial charge on any atom is 0.0253 e. The van der Waals surface area contributed by atoms with Gasteiger partial charge in [0.15, 0.2) is 0 Å². The second-order valence-electron chi connectivity index (χ2n) is 9.14. The summed E-state index contributed by atoms with van der Waals surface area (Å²) in [6.45, 7) is 6.96. The van der Waals surface area contributed by atoms with Crippen molar-refractivity contribution >= 4 is 26.5 Å². The van der Waals surface area contributed by atoms with Crippen molar-refractivity contribution < 1.29 is 0 Å². The van der Waals surface area contributed by atoms with Crippen LogP contribution in [-0.4, -0.2) is 0 Å². The highest BCUT2D eigenvalue weighted by Crippen LogP contribution is 2.33. The molecule has 0 fully saturated rings. The molecular formula is C28H29Br. The van der Waals surface area contributed by atoms with Crippen LogP contribution in [0.15, 0.2) is 66.7 Å². The minimum atomic E-state index is 0.154. The summed E-state index contributed by atoms with van der Waals surface area (Å²) >= 11 is 3.86. The molecule has 1 aliphatic rings. The lowest BCUT2D eigenvalue weighted by Crippen LogP contribution is -2.14. The highest BCUT2D eigenvalue weighted by Gasteiger charge is 2.19. The van der Waals surface area contributed by atoms with Crippen LogP contribution in [0, 0.1) is 0 Å². The number of hydrogen-bond donors (Lipinski definition) is 0. The molecule has 0 N–H and O–H groups in total. The van der Waals surface area contributed by atoms with Gasteiger partial charge in [-0.3, -0.25) is 0 Å². The first kappa shape index (κ1) is 20.2. The summed E-state index contributed by atoms with van der Waals surface area (Å²) < 4.78 is 1.15. The lowest BCUT2D eigenvalue weighted by Gasteiger charge is -2.24. The molecule has 4 rings (SSSR count). The molecule has 0 heterocycles. The number of hydrogen-bond acceptors (Lipinski definition) is 0. The van der Waals surface area contributed by atoms with Crippen LogP contribution in [-0.2, 0) is 31.1 Å². The Morgan fingerprint density at radius 3 is 1.90 bits per heavy atom. The zero-order chi connectivity index (χ0) is 20.4. The van der Waals surface area contributed by atoms with Crippen molar-refractivity contribution in [1.29, 1.82) is 0 Å². The Bertz CT molecular complexity index is 991. The molecule has 0 saturated carbocycles. The van der Waals surface area contributed by atoms with E-state index in [2.05, 4.69) is 110 Å². The lowest BCUT2D eigenvalue weighted by atomic mass is 9.81. The van der Waals surface area contributed by atoms with Crippen LogP contribution in [0.4, 0.5) is 0 Å². The van der Waals surface area contributed by atoms with Gasteiger partial charge in [0.25, 0.3) is 0 Å². The second-order valence-corrected chi connectivity index (χ2v) is 9.99. The zero-order valence-corrected chi connectivity index (χ0v) is 19.2. The van der Waals surface area contributed by atoms with Crippen LogP contribution in [0.3, 0.4) is 0 Å². The normalized spacial score (nSPS) is 14.6. The molecule has 0 nitrogen and oxygen atoms in total. The Morgan fingerprint density at radius 1 is 0.759 bits per heavy atom. The molecule has 0 saturated heterocycles. The number of halogens is 1. The lowest BCUT2D eigenvalue weighted by molar-refractivity contribution is 0.588. The summed E-state index contributed by atoms with van der Waals surface area (Å²) in [7, 11) is 0. The fraction of sp³-hybridized carbons (Fsp3) is 0.286. The Balaban J connectivity index is 1.85. The molecule has 1 heteroatoms. The van der Waals surface area contributed by atoms with Gasteiger partial charge in [-0.1, -0.05) is 103 Å². The van der Waals surface area contributed by atoms with Crippen molar-refractivity contribution in [2.45, 2.75) is 51.9 Å². The first-order chi connectivity index (χ1) is 13.9. The SMILES string of the molecule is CC(C)(C)c1cc2c(/C=C(/Br)c3ccccc3)c(c1)CCc1cccc(c1)CC2. The standard InChI is InChI=1S/C28H29Br/c1-28(2,3)25-17-23-14-12-20-8-7-9-21(16-20)13-15-24(18-25)26(23)19-27(29)22-10-5-4-6-11-22/h4-11,16-19H,12-15H2,1-3H3/b27-19+. The minimum absolute atomic E-state index is 0.154. The summed E-state index contributed by atoms with van der Waals surface area (Å²) in [6, 6.07) is 24.6. The van der Waals surface area contributed by atoms with Crippen molar-refractivity contribution in [2.75, 3.05) is 0 Å². The smallest absolute Gasteiger partial charge is 0.0253 e. The van der Waals surface area contributed by atoms with E-state index in [1.165, 1.54) is 38.9 Å². The van der Waals surface area contributed by atoms with Gasteiger partial charge in [0.1, 0.15) is 0 Å². The van der Waals surface area contributed by atoms with Gasteiger partial charge in [-0.25, -0.2) is 0 Å². The molecule has 29 heavy (non-hydrogen) atoms. The molecule has 148 valence electrons. The van der Waals surface area contributed by atoms with Crippen LogP contribution in [0.25, 0.3) is 10.6 Å². The molecule has 0 spiro atoms. The van der Waals surface area contributed by atoms with Crippen molar-refractivity contribution in [1.82, 2.24) is 0 Å². The van der Waals surface area contributed by atoms with E-state index >= 15 is 0 Å². The topological polar surface area (TPSA) is 0 Å². The van der Waals surface area contributed by atoms with E-state index in [1.807, 2.05) is 0 Å². The zero-order valence-electron chi connectivity index (χ0n) is 17.6. The number of benzene rings is 3. The first-order valence-corrected chi connectivity index (χ1v) is 11.4. The maximum atomic E-state index is 3.86. The highest BCUT2D eigenvalue weighted by atomic mass is 79.9. The predicted molar refractivity (Wildman–Crippen MR) is 130 cm³/mol. The second kappa shape index (κ2) is 8.32. The summed E-state index contributed by atoms with van der Waals surface area (Å²) in [6.07, 6.45) is 6.67. The van der Waals surface area contributed by atoms with Crippen molar-refractivity contribution in [3.05, 3.63) is 106 Å². The van der Waals surface area contributed by atoms with E-state index in [-0.39, 0.29) is 5.41 Å². The van der Waals surface area contributed by atoms with Crippen LogP contribution in [0.2, 0.25) is 0 Å². The van der Waals surface area contributed by atoms with Gasteiger partial charge in [0, 0.05) is 4.48 Å². The minimum Gasteiger partial charge on any atom is -0.0622 e. The average Bonchev–Trinajstić information content (AvgIpc) is 2.71. The third-order valence-electron chi connectivity index (χ3n) is 5.90. The number of fused-ring (bicyclic) bond motifs is 4. The van der Waals surface area contributed by atoms with Gasteiger partial charge >= 0.3 is 0 Å². The van der Waals surface area contributed by atoms with E-state index in [1.54, 1.807) is 0 Å². The molecule has 0 aromatic heterocycles. The van der Waals surface area contributed by atoms with Gasteiger partial charge in [-0.05, 0) is 76.1 Å². The van der Waals surface area contributed by atoms with Gasteiger partial charge in [0.05, 0.1) is 0 Å². The quantitative estimate of drug-likeness (QED) is 0.354. The Morgan fingerprint density at radius 2 is 1.34 bits per heavy atom. The van der Waals surface area contributed by atoms with Crippen molar-refractivity contribution in [2.24, 2.45) is 0 Å². The molecule has 0 amide bonds. The summed E-state index contributed by atoms with van der Waals surface area (Å²) in [5.74, 6) is 0. The molecule has 1 aliphatic carbocycles. The predicted octanol–water partition coefficient (Wildman–Crippen LogP) is 7.76. The van der Waals surface area contributed by atoms with Gasteiger partial charge < -0.3 is 0 Å². The fourth-order valence-electron chi connectivity index (χ4n) is 4.12. The van der Waals surface area contributed by atoms with Gasteiger partial charge in [0.2, 0.25) is 0 Å². The molecule has 0 radical (unpaired) electrons. The van der Waals surface area contributed by atoms with Crippen molar-refractivity contribution in [3.8, 4) is 0 Å². The maximum absolute atomic E-state index is 3.86. The van der Waals surface area contributed by atoms with Gasteiger partial charge in [-0.15, -0.1) is 0 Å². The van der Waals surface area contributed by atoms with E-state index in [9.17, 15) is 0 Å². The first-order valence-electron chi connectivity index (χ1n) is 10.6. The van der Waals surface area contributed by atoms with Crippen LogP contribution in [0.5, 0.6) is 0 Å². The third-order valence-corrected chi connectivity index (χ3v) is 6.58. The van der Waals surface area contributed by atoms with Gasteiger partial charge in [-0.2, -0.15) is 0 Å². The molecule has 0 atom stereocenters. The largest absolute Gasteiger partial charge is 0.0622 e. The molecule has 3 aromatic carbocycles. The monoisotopic (exact) mass is 444 g/mol. The summed E-state index contributed by atoms with van der Waals surface area (Å²) in [4.78, 5) is 0. The Kier molecular flexibility index (Phi) is 5.79. The van der Waals surface area contributed by atoms with Crippen LogP contribution >= 0.6 is 15.9 Å². The molecule has 3 aromatic rings. The molecule has 0 aliphatic heterocycles.